The predicted molar refractivity (Wildman–Crippen MR) is 96.0 cm³/mol. The van der Waals surface area contributed by atoms with Crippen molar-refractivity contribution in [2.45, 2.75) is 13.0 Å². The van der Waals surface area contributed by atoms with Crippen LogP contribution >= 0.6 is 0 Å². The smallest absolute Gasteiger partial charge is 0.258 e. The largest absolute Gasteiger partial charge is 0.496 e. The molecule has 1 aliphatic heterocycles. The van der Waals surface area contributed by atoms with Crippen LogP contribution in [0, 0.1) is 0 Å². The second kappa shape index (κ2) is 7.21. The van der Waals surface area contributed by atoms with Crippen LogP contribution < -0.4 is 10.1 Å². The Morgan fingerprint density at radius 3 is 2.52 bits per heavy atom. The number of nitrogens with one attached hydrogen (secondary N) is 1. The van der Waals surface area contributed by atoms with Crippen molar-refractivity contribution in [1.29, 1.82) is 0 Å². The minimum Gasteiger partial charge on any atom is -0.496 e. The van der Waals surface area contributed by atoms with Gasteiger partial charge in [-0.05, 0) is 12.1 Å². The summed E-state index contributed by atoms with van der Waals surface area (Å²) in [5.41, 5.74) is 3.04. The third kappa shape index (κ3) is 3.40. The van der Waals surface area contributed by atoms with Gasteiger partial charge in [0.2, 0.25) is 5.91 Å². The van der Waals surface area contributed by atoms with Crippen LogP contribution in [-0.2, 0) is 11.3 Å². The third-order valence-corrected chi connectivity index (χ3v) is 4.27. The maximum Gasteiger partial charge on any atom is 0.258 e. The fraction of sp³-hybridized carbons (Fsp3) is 0.200. The molecule has 1 N–H and O–H groups in total. The van der Waals surface area contributed by atoms with Crippen molar-refractivity contribution in [2.24, 2.45) is 0 Å². The van der Waals surface area contributed by atoms with Gasteiger partial charge in [-0.1, -0.05) is 43.0 Å². The molecule has 5 nitrogen and oxygen atoms in total. The van der Waals surface area contributed by atoms with E-state index in [2.05, 4.69) is 11.9 Å². The minimum absolute atomic E-state index is 0.0990. The molecule has 0 fully saturated rings. The SMILES string of the molecule is C=C1c2ccccc2C(=O)N1CCC(=O)NCc1ccccc1OC. The first-order valence-electron chi connectivity index (χ1n) is 8.10. The van der Waals surface area contributed by atoms with E-state index in [1.807, 2.05) is 42.5 Å². The van der Waals surface area contributed by atoms with Crippen molar-refractivity contribution >= 4 is 17.5 Å². The first-order chi connectivity index (χ1) is 12.1. The average Bonchev–Trinajstić information content (AvgIpc) is 2.89. The molecule has 5 heteroatoms. The third-order valence-electron chi connectivity index (χ3n) is 4.27. The number of hydrogen-bond acceptors (Lipinski definition) is 3. The quantitative estimate of drug-likeness (QED) is 0.882. The maximum absolute atomic E-state index is 12.4. The highest BCUT2D eigenvalue weighted by Gasteiger charge is 2.30. The normalized spacial score (nSPS) is 12.9. The molecule has 2 amide bonds. The first kappa shape index (κ1) is 16.8. The topological polar surface area (TPSA) is 58.6 Å². The highest BCUT2D eigenvalue weighted by atomic mass is 16.5. The lowest BCUT2D eigenvalue weighted by Gasteiger charge is -2.17. The second-order valence-corrected chi connectivity index (χ2v) is 5.79. The zero-order valence-corrected chi connectivity index (χ0v) is 14.1. The second-order valence-electron chi connectivity index (χ2n) is 5.79. The lowest BCUT2D eigenvalue weighted by molar-refractivity contribution is -0.121. The van der Waals surface area contributed by atoms with Crippen LogP contribution in [0.15, 0.2) is 55.1 Å². The molecule has 25 heavy (non-hydrogen) atoms. The van der Waals surface area contributed by atoms with Gasteiger partial charge in [0, 0.05) is 41.9 Å². The summed E-state index contributed by atoms with van der Waals surface area (Å²) in [5.74, 6) is 0.516. The summed E-state index contributed by atoms with van der Waals surface area (Å²) in [6, 6.07) is 14.9. The van der Waals surface area contributed by atoms with E-state index >= 15 is 0 Å². The van der Waals surface area contributed by atoms with Gasteiger partial charge in [-0.15, -0.1) is 0 Å². The van der Waals surface area contributed by atoms with Crippen molar-refractivity contribution in [1.82, 2.24) is 10.2 Å². The van der Waals surface area contributed by atoms with Gasteiger partial charge in [-0.2, -0.15) is 0 Å². The van der Waals surface area contributed by atoms with Crippen LogP contribution in [0.3, 0.4) is 0 Å². The van der Waals surface area contributed by atoms with Crippen molar-refractivity contribution in [2.75, 3.05) is 13.7 Å². The number of fused-ring (bicyclic) bond motifs is 1. The molecule has 3 rings (SSSR count). The Balaban J connectivity index is 1.55. The molecular formula is C20H20N2O3. The molecule has 0 aromatic heterocycles. The lowest BCUT2D eigenvalue weighted by Crippen LogP contribution is -2.30. The number of amides is 2. The summed E-state index contributed by atoms with van der Waals surface area (Å²) in [6.45, 7) is 4.67. The first-order valence-corrected chi connectivity index (χ1v) is 8.10. The molecule has 0 radical (unpaired) electrons. The Labute approximate surface area is 146 Å². The summed E-state index contributed by atoms with van der Waals surface area (Å²) in [7, 11) is 1.60. The maximum atomic E-state index is 12.4. The minimum atomic E-state index is -0.123. The van der Waals surface area contributed by atoms with Crippen LogP contribution in [-0.4, -0.2) is 30.4 Å². The van der Waals surface area contributed by atoms with E-state index in [9.17, 15) is 9.59 Å². The summed E-state index contributed by atoms with van der Waals surface area (Å²) in [6.07, 6.45) is 0.216. The Kier molecular flexibility index (Phi) is 4.84. The number of carbonyl (C=O) groups is 2. The standard InChI is InChI=1S/C20H20N2O3/c1-14-16-8-4-5-9-17(16)20(24)22(14)12-11-19(23)21-13-15-7-3-6-10-18(15)25-2/h3-10H,1,11-13H2,2H3,(H,21,23). The van der Waals surface area contributed by atoms with Crippen LogP contribution in [0.4, 0.5) is 0 Å². The molecule has 1 heterocycles. The van der Waals surface area contributed by atoms with E-state index in [0.29, 0.717) is 24.4 Å². The van der Waals surface area contributed by atoms with Crippen LogP contribution in [0.5, 0.6) is 5.75 Å². The van der Waals surface area contributed by atoms with Gasteiger partial charge >= 0.3 is 0 Å². The summed E-state index contributed by atoms with van der Waals surface area (Å²) < 4.78 is 5.27. The van der Waals surface area contributed by atoms with Crippen molar-refractivity contribution in [3.63, 3.8) is 0 Å². The van der Waals surface area contributed by atoms with Gasteiger partial charge in [0.25, 0.3) is 5.91 Å². The number of ether oxygens (including phenoxy) is 1. The van der Waals surface area contributed by atoms with Crippen LogP contribution in [0.1, 0.15) is 27.9 Å². The van der Waals surface area contributed by atoms with Crippen molar-refractivity contribution in [3.05, 3.63) is 71.8 Å². The Bertz CT molecular complexity index is 794. The van der Waals surface area contributed by atoms with Crippen molar-refractivity contribution < 1.29 is 14.3 Å². The highest BCUT2D eigenvalue weighted by Crippen LogP contribution is 2.31. The van der Waals surface area contributed by atoms with Crippen LogP contribution in [0.25, 0.3) is 5.70 Å². The zero-order valence-electron chi connectivity index (χ0n) is 14.1. The zero-order chi connectivity index (χ0) is 17.8. The summed E-state index contributed by atoms with van der Waals surface area (Å²) in [4.78, 5) is 26.1. The Morgan fingerprint density at radius 2 is 1.80 bits per heavy atom. The van der Waals surface area contributed by atoms with Gasteiger partial charge in [0.15, 0.2) is 0 Å². The highest BCUT2D eigenvalue weighted by molar-refractivity contribution is 6.08. The van der Waals surface area contributed by atoms with E-state index in [-0.39, 0.29) is 18.2 Å². The fourth-order valence-corrected chi connectivity index (χ4v) is 2.92. The molecule has 2 aromatic carbocycles. The molecule has 2 aromatic rings. The number of rotatable bonds is 6. The molecule has 0 atom stereocenters. The molecule has 0 aliphatic carbocycles. The van der Waals surface area contributed by atoms with Gasteiger partial charge < -0.3 is 15.0 Å². The predicted octanol–water partition coefficient (Wildman–Crippen LogP) is 2.83. The lowest BCUT2D eigenvalue weighted by atomic mass is 10.1. The van der Waals surface area contributed by atoms with Gasteiger partial charge in [0.05, 0.1) is 7.11 Å². The molecule has 0 bridgehead atoms. The van der Waals surface area contributed by atoms with E-state index in [1.165, 1.54) is 0 Å². The number of nitrogens with zero attached hydrogens (tertiary/aromatic N) is 1. The van der Waals surface area contributed by atoms with Gasteiger partial charge in [-0.3, -0.25) is 9.59 Å². The molecule has 0 spiro atoms. The average molecular weight is 336 g/mol. The fourth-order valence-electron chi connectivity index (χ4n) is 2.92. The summed E-state index contributed by atoms with van der Waals surface area (Å²) >= 11 is 0. The van der Waals surface area contributed by atoms with Gasteiger partial charge in [-0.25, -0.2) is 0 Å². The Morgan fingerprint density at radius 1 is 1.12 bits per heavy atom. The molecule has 0 saturated carbocycles. The Hall–Kier alpha value is -3.08. The van der Waals surface area contributed by atoms with Crippen LogP contribution in [0.2, 0.25) is 0 Å². The van der Waals surface area contributed by atoms with Gasteiger partial charge in [0.1, 0.15) is 5.75 Å². The number of hydrogen-bond donors (Lipinski definition) is 1. The molecule has 1 aliphatic rings. The van der Waals surface area contributed by atoms with E-state index in [4.69, 9.17) is 4.74 Å². The van der Waals surface area contributed by atoms with E-state index in [0.717, 1.165) is 16.9 Å². The molecule has 0 saturated heterocycles. The van der Waals surface area contributed by atoms with Crippen molar-refractivity contribution in [3.8, 4) is 5.75 Å². The molecular weight excluding hydrogens is 316 g/mol. The molecule has 0 unspecified atom stereocenters. The monoisotopic (exact) mass is 336 g/mol. The number of carbonyl (C=O) groups excluding carboxylic acids is 2. The van der Waals surface area contributed by atoms with E-state index < -0.39 is 0 Å². The number of methoxy groups -OCH3 is 1. The summed E-state index contributed by atoms with van der Waals surface area (Å²) in [5, 5.41) is 2.86. The molecule has 128 valence electrons. The van der Waals surface area contributed by atoms with E-state index in [1.54, 1.807) is 18.1 Å². The number of benzene rings is 2. The number of para-hydroxylation sites is 1.